The van der Waals surface area contributed by atoms with E-state index in [2.05, 4.69) is 4.72 Å². The third-order valence-electron chi connectivity index (χ3n) is 3.19. The fraction of sp³-hybridized carbons (Fsp3) is 0.429. The molecule has 0 fully saturated rings. The van der Waals surface area contributed by atoms with E-state index in [1.807, 2.05) is 12.1 Å². The number of benzene rings is 1. The van der Waals surface area contributed by atoms with E-state index in [-0.39, 0.29) is 6.54 Å². The lowest BCUT2D eigenvalue weighted by molar-refractivity contribution is -0.130. The predicted octanol–water partition coefficient (Wildman–Crippen LogP) is 2.99. The van der Waals surface area contributed by atoms with Crippen molar-refractivity contribution >= 4 is 21.0 Å². The number of hydrogen-bond acceptors (Lipinski definition) is 4. The van der Waals surface area contributed by atoms with Gasteiger partial charge in [0.25, 0.3) is 0 Å². The molecular weight excluding hydrogens is 335 g/mol. The molecule has 1 N–H and O–H groups in total. The molecule has 0 aliphatic rings. The summed E-state index contributed by atoms with van der Waals surface area (Å²) in [5, 5.41) is 0.824. The number of furan rings is 1. The van der Waals surface area contributed by atoms with Gasteiger partial charge >= 0.3 is 6.18 Å². The summed E-state index contributed by atoms with van der Waals surface area (Å²) in [6, 6.07) is 8.88. The number of fused-ring (bicyclic) bond motifs is 1. The van der Waals surface area contributed by atoms with Crippen LogP contribution in [-0.4, -0.2) is 34.0 Å². The minimum Gasteiger partial charge on any atom is -0.458 e. The first-order chi connectivity index (χ1) is 10.7. The van der Waals surface area contributed by atoms with Crippen molar-refractivity contribution in [2.45, 2.75) is 18.7 Å². The molecule has 1 heterocycles. The van der Waals surface area contributed by atoms with Crippen LogP contribution in [0.2, 0.25) is 0 Å². The second-order valence-electron chi connectivity index (χ2n) is 4.94. The van der Waals surface area contributed by atoms with E-state index in [9.17, 15) is 21.6 Å². The van der Waals surface area contributed by atoms with Crippen molar-refractivity contribution in [1.29, 1.82) is 0 Å². The molecule has 0 aliphatic carbocycles. The SMILES string of the molecule is CO[C@H](CNS(=O)(=O)CCC(F)(F)F)c1cc2ccccc2o1. The van der Waals surface area contributed by atoms with E-state index < -0.39 is 34.5 Å². The smallest absolute Gasteiger partial charge is 0.390 e. The predicted molar refractivity (Wildman–Crippen MR) is 78.4 cm³/mol. The van der Waals surface area contributed by atoms with Gasteiger partial charge < -0.3 is 9.15 Å². The summed E-state index contributed by atoms with van der Waals surface area (Å²) < 4.78 is 72.4. The number of halogens is 3. The lowest BCUT2D eigenvalue weighted by Crippen LogP contribution is -2.32. The first-order valence-electron chi connectivity index (χ1n) is 6.75. The van der Waals surface area contributed by atoms with Gasteiger partial charge in [-0.05, 0) is 12.1 Å². The molecule has 2 rings (SSSR count). The molecular formula is C14H16F3NO4S. The van der Waals surface area contributed by atoms with Crippen LogP contribution in [0.15, 0.2) is 34.7 Å². The number of alkyl halides is 3. The van der Waals surface area contributed by atoms with Crippen LogP contribution < -0.4 is 4.72 Å². The molecule has 0 amide bonds. The van der Waals surface area contributed by atoms with Crippen molar-refractivity contribution in [3.05, 3.63) is 36.1 Å². The molecule has 0 unspecified atom stereocenters. The van der Waals surface area contributed by atoms with Gasteiger partial charge in [0.15, 0.2) is 0 Å². The maximum atomic E-state index is 12.1. The molecule has 128 valence electrons. The van der Waals surface area contributed by atoms with Crippen LogP contribution in [-0.2, 0) is 14.8 Å². The quantitative estimate of drug-likeness (QED) is 0.833. The topological polar surface area (TPSA) is 68.5 Å². The highest BCUT2D eigenvalue weighted by molar-refractivity contribution is 7.89. The van der Waals surface area contributed by atoms with Crippen LogP contribution in [0, 0.1) is 0 Å². The van der Waals surface area contributed by atoms with E-state index >= 15 is 0 Å². The second kappa shape index (κ2) is 6.90. The van der Waals surface area contributed by atoms with Crippen LogP contribution in [0.4, 0.5) is 13.2 Å². The second-order valence-corrected chi connectivity index (χ2v) is 6.87. The Labute approximate surface area is 131 Å². The van der Waals surface area contributed by atoms with E-state index in [0.29, 0.717) is 11.3 Å². The highest BCUT2D eigenvalue weighted by Gasteiger charge is 2.30. The largest absolute Gasteiger partial charge is 0.458 e. The van der Waals surface area contributed by atoms with E-state index in [0.717, 1.165) is 5.39 Å². The van der Waals surface area contributed by atoms with Gasteiger partial charge in [-0.15, -0.1) is 0 Å². The molecule has 1 aromatic heterocycles. The number of rotatable bonds is 7. The third-order valence-corrected chi connectivity index (χ3v) is 4.54. The lowest BCUT2D eigenvalue weighted by atomic mass is 10.2. The molecule has 1 aromatic carbocycles. The summed E-state index contributed by atoms with van der Waals surface area (Å²) in [6.07, 6.45) is -6.65. The molecule has 0 aliphatic heterocycles. The first kappa shape index (κ1) is 17.8. The zero-order chi connectivity index (χ0) is 17.1. The van der Waals surface area contributed by atoms with Crippen LogP contribution in [0.1, 0.15) is 18.3 Å². The summed E-state index contributed by atoms with van der Waals surface area (Å²) in [7, 11) is -2.69. The van der Waals surface area contributed by atoms with E-state index in [1.54, 1.807) is 18.2 Å². The Balaban J connectivity index is 2.02. The maximum Gasteiger partial charge on any atom is 0.390 e. The Hall–Kier alpha value is -1.58. The number of para-hydroxylation sites is 1. The third kappa shape index (κ3) is 5.22. The first-order valence-corrected chi connectivity index (χ1v) is 8.41. The molecule has 0 saturated heterocycles. The maximum absolute atomic E-state index is 12.1. The van der Waals surface area contributed by atoms with E-state index in [1.165, 1.54) is 7.11 Å². The van der Waals surface area contributed by atoms with Gasteiger partial charge in [0, 0.05) is 19.0 Å². The Morgan fingerprint density at radius 1 is 1.30 bits per heavy atom. The van der Waals surface area contributed by atoms with Gasteiger partial charge in [0.1, 0.15) is 17.4 Å². The summed E-state index contributed by atoms with van der Waals surface area (Å²) in [6.45, 7) is -0.212. The number of hydrogen-bond donors (Lipinski definition) is 1. The highest BCUT2D eigenvalue weighted by atomic mass is 32.2. The summed E-state index contributed by atoms with van der Waals surface area (Å²) in [4.78, 5) is 0. The van der Waals surface area contributed by atoms with Crippen LogP contribution in [0.5, 0.6) is 0 Å². The van der Waals surface area contributed by atoms with Gasteiger partial charge in [-0.2, -0.15) is 13.2 Å². The zero-order valence-corrected chi connectivity index (χ0v) is 13.1. The molecule has 2 aromatic rings. The normalized spacial score (nSPS) is 14.3. The minimum absolute atomic E-state index is 0.212. The molecule has 0 bridgehead atoms. The minimum atomic E-state index is -4.52. The summed E-state index contributed by atoms with van der Waals surface area (Å²) >= 11 is 0. The molecule has 1 atom stereocenters. The average Bonchev–Trinajstić information content (AvgIpc) is 2.89. The standard InChI is InChI=1S/C14H16F3NO4S/c1-21-13(9-18-23(19,20)7-6-14(15,16)17)12-8-10-4-2-3-5-11(10)22-12/h2-5,8,13,18H,6-7,9H2,1H3/t13-/m1/s1. The van der Waals surface area contributed by atoms with Crippen molar-refractivity contribution in [3.63, 3.8) is 0 Å². The fourth-order valence-electron chi connectivity index (χ4n) is 1.99. The van der Waals surface area contributed by atoms with Gasteiger partial charge in [-0.1, -0.05) is 18.2 Å². The molecule has 0 radical (unpaired) electrons. The summed E-state index contributed by atoms with van der Waals surface area (Å²) in [5.74, 6) is -0.625. The highest BCUT2D eigenvalue weighted by Crippen LogP contribution is 2.25. The number of sulfonamides is 1. The number of ether oxygens (including phenoxy) is 1. The van der Waals surface area contributed by atoms with Crippen molar-refractivity contribution < 1.29 is 30.7 Å². The molecule has 0 spiro atoms. The number of methoxy groups -OCH3 is 1. The summed E-state index contributed by atoms with van der Waals surface area (Å²) in [5.41, 5.74) is 0.615. The molecule has 23 heavy (non-hydrogen) atoms. The molecule has 0 saturated carbocycles. The van der Waals surface area contributed by atoms with Gasteiger partial charge in [-0.3, -0.25) is 0 Å². The fourth-order valence-corrected chi connectivity index (χ4v) is 3.04. The molecule has 5 nitrogen and oxygen atoms in total. The van der Waals surface area contributed by atoms with Crippen molar-refractivity contribution in [2.75, 3.05) is 19.4 Å². The van der Waals surface area contributed by atoms with E-state index in [4.69, 9.17) is 9.15 Å². The van der Waals surface area contributed by atoms with Crippen molar-refractivity contribution in [2.24, 2.45) is 0 Å². The van der Waals surface area contributed by atoms with Gasteiger partial charge in [0.2, 0.25) is 10.0 Å². The van der Waals surface area contributed by atoms with Crippen LogP contribution in [0.25, 0.3) is 11.0 Å². The van der Waals surface area contributed by atoms with Crippen molar-refractivity contribution in [1.82, 2.24) is 4.72 Å². The Bertz CT molecular complexity index is 722. The average molecular weight is 351 g/mol. The van der Waals surface area contributed by atoms with Gasteiger partial charge in [0.05, 0.1) is 12.2 Å². The number of nitrogens with one attached hydrogen (secondary N) is 1. The lowest BCUT2D eigenvalue weighted by Gasteiger charge is -2.14. The Morgan fingerprint density at radius 3 is 2.61 bits per heavy atom. The van der Waals surface area contributed by atoms with Crippen LogP contribution >= 0.6 is 0 Å². The van der Waals surface area contributed by atoms with Crippen LogP contribution in [0.3, 0.4) is 0 Å². The zero-order valence-electron chi connectivity index (χ0n) is 12.3. The molecule has 9 heteroatoms. The van der Waals surface area contributed by atoms with Crippen molar-refractivity contribution in [3.8, 4) is 0 Å². The Kier molecular flexibility index (Phi) is 5.33. The Morgan fingerprint density at radius 2 is 2.00 bits per heavy atom. The monoisotopic (exact) mass is 351 g/mol. The van der Waals surface area contributed by atoms with Gasteiger partial charge in [-0.25, -0.2) is 13.1 Å².